The Morgan fingerprint density at radius 2 is 1.94 bits per heavy atom. The van der Waals surface area contributed by atoms with Crippen LogP contribution in [0.1, 0.15) is 29.1 Å². The number of allylic oxidation sites excluding steroid dienone is 1. The maximum absolute atomic E-state index is 12.6. The Morgan fingerprint density at radius 1 is 1.21 bits per heavy atom. The van der Waals surface area contributed by atoms with Crippen molar-refractivity contribution in [1.82, 2.24) is 20.1 Å². The number of thioether (sulfide) groups is 1. The molecule has 2 N–H and O–H groups in total. The van der Waals surface area contributed by atoms with Crippen LogP contribution >= 0.6 is 23.4 Å². The molecule has 0 unspecified atom stereocenters. The van der Waals surface area contributed by atoms with Gasteiger partial charge in [0.15, 0.2) is 11.0 Å². The second-order valence-electron chi connectivity index (χ2n) is 6.98. The average molecular weight is 486 g/mol. The Bertz CT molecular complexity index is 1130. The van der Waals surface area contributed by atoms with Crippen LogP contribution in [0.2, 0.25) is 5.02 Å². The predicted molar refractivity (Wildman–Crippen MR) is 130 cm³/mol. The Hall–Kier alpha value is -3.30. The fraction of sp³-hybridized carbons (Fsp3) is 0.217. The number of hydrogen-bond acceptors (Lipinski definition) is 6. The Labute approximate surface area is 201 Å². The summed E-state index contributed by atoms with van der Waals surface area (Å²) in [5.74, 6) is 0.910. The van der Waals surface area contributed by atoms with Crippen molar-refractivity contribution in [3.8, 4) is 5.75 Å². The number of halogens is 1. The van der Waals surface area contributed by atoms with E-state index in [2.05, 4.69) is 27.4 Å². The smallest absolute Gasteiger partial charge is 0.253 e. The molecule has 0 saturated heterocycles. The number of amides is 2. The van der Waals surface area contributed by atoms with Crippen LogP contribution in [-0.2, 0) is 11.3 Å². The Balaban J connectivity index is 1.65. The number of nitrogens with one attached hydrogen (secondary N) is 2. The molecule has 8 nitrogen and oxygen atoms in total. The van der Waals surface area contributed by atoms with Crippen molar-refractivity contribution in [3.63, 3.8) is 0 Å². The lowest BCUT2D eigenvalue weighted by Crippen LogP contribution is -2.29. The van der Waals surface area contributed by atoms with E-state index in [1.54, 1.807) is 61.7 Å². The quantitative estimate of drug-likeness (QED) is 0.327. The number of aromatic nitrogens is 3. The first kappa shape index (κ1) is 24.3. The second kappa shape index (κ2) is 11.5. The summed E-state index contributed by atoms with van der Waals surface area (Å²) in [6.45, 7) is 6.02. The summed E-state index contributed by atoms with van der Waals surface area (Å²) in [7, 11) is 1.58. The fourth-order valence-corrected chi connectivity index (χ4v) is 3.99. The Morgan fingerprint density at radius 3 is 2.61 bits per heavy atom. The maximum Gasteiger partial charge on any atom is 0.253 e. The van der Waals surface area contributed by atoms with Crippen LogP contribution in [0.15, 0.2) is 66.3 Å². The predicted octanol–water partition coefficient (Wildman–Crippen LogP) is 4.35. The molecule has 0 aliphatic carbocycles. The summed E-state index contributed by atoms with van der Waals surface area (Å²) in [6, 6.07) is 13.5. The first-order valence-electron chi connectivity index (χ1n) is 10.1. The van der Waals surface area contributed by atoms with Gasteiger partial charge in [-0.1, -0.05) is 41.6 Å². The van der Waals surface area contributed by atoms with Crippen molar-refractivity contribution in [2.75, 3.05) is 18.2 Å². The zero-order chi connectivity index (χ0) is 23.8. The molecule has 33 heavy (non-hydrogen) atoms. The summed E-state index contributed by atoms with van der Waals surface area (Å²) in [5.41, 5.74) is 1.05. The number of carbonyl (C=O) groups excluding carboxylic acids is 2. The highest BCUT2D eigenvalue weighted by Crippen LogP contribution is 2.23. The van der Waals surface area contributed by atoms with Crippen LogP contribution in [0.25, 0.3) is 0 Å². The minimum atomic E-state index is -0.441. The third-order valence-electron chi connectivity index (χ3n) is 4.62. The van der Waals surface area contributed by atoms with E-state index in [0.717, 1.165) is 0 Å². The summed E-state index contributed by atoms with van der Waals surface area (Å²) < 4.78 is 6.93. The molecule has 3 rings (SSSR count). The first-order valence-corrected chi connectivity index (χ1v) is 11.5. The van der Waals surface area contributed by atoms with E-state index in [-0.39, 0.29) is 17.6 Å². The van der Waals surface area contributed by atoms with Gasteiger partial charge in [-0.15, -0.1) is 16.8 Å². The van der Waals surface area contributed by atoms with Crippen LogP contribution in [-0.4, -0.2) is 39.4 Å². The van der Waals surface area contributed by atoms with Crippen LogP contribution in [0.4, 0.5) is 5.69 Å². The van der Waals surface area contributed by atoms with E-state index in [9.17, 15) is 9.59 Å². The number of anilines is 1. The molecule has 0 spiro atoms. The zero-order valence-corrected chi connectivity index (χ0v) is 19.8. The molecule has 1 atom stereocenters. The van der Waals surface area contributed by atoms with Crippen molar-refractivity contribution < 1.29 is 14.3 Å². The minimum absolute atomic E-state index is 0.141. The van der Waals surface area contributed by atoms with E-state index in [1.807, 2.05) is 11.5 Å². The SMILES string of the molecule is C=CCn1c(SCC(=O)Nc2ccc(OC)cc2)nnc1[C@@H](C)NC(=O)c1ccccc1Cl. The number of ether oxygens (including phenoxy) is 1. The molecule has 0 fully saturated rings. The normalized spacial score (nSPS) is 11.5. The number of carbonyl (C=O) groups is 2. The minimum Gasteiger partial charge on any atom is -0.497 e. The Kier molecular flexibility index (Phi) is 8.51. The number of hydrogen-bond donors (Lipinski definition) is 2. The standard InChI is InChI=1S/C23H24ClN5O3S/c1-4-13-29-21(15(2)25-22(31)18-7-5-6-8-19(18)24)27-28-23(29)33-14-20(30)26-16-9-11-17(32-3)12-10-16/h4-12,15H,1,13-14H2,2-3H3,(H,25,31)(H,26,30)/t15-/m1/s1. The third-order valence-corrected chi connectivity index (χ3v) is 5.91. The zero-order valence-electron chi connectivity index (χ0n) is 18.2. The van der Waals surface area contributed by atoms with E-state index in [0.29, 0.717) is 39.5 Å². The number of benzene rings is 2. The third kappa shape index (κ3) is 6.36. The van der Waals surface area contributed by atoms with Gasteiger partial charge in [0.1, 0.15) is 5.75 Å². The van der Waals surface area contributed by atoms with Crippen molar-refractivity contribution >= 4 is 40.9 Å². The topological polar surface area (TPSA) is 98.1 Å². The van der Waals surface area contributed by atoms with Gasteiger partial charge in [-0.05, 0) is 43.3 Å². The fourth-order valence-electron chi connectivity index (χ4n) is 3.01. The molecule has 1 heterocycles. The highest BCUT2D eigenvalue weighted by Gasteiger charge is 2.21. The molecule has 2 aromatic carbocycles. The first-order chi connectivity index (χ1) is 15.9. The van der Waals surface area contributed by atoms with Gasteiger partial charge in [-0.25, -0.2) is 0 Å². The van der Waals surface area contributed by atoms with Gasteiger partial charge < -0.3 is 19.9 Å². The van der Waals surface area contributed by atoms with E-state index < -0.39 is 6.04 Å². The molecule has 0 radical (unpaired) electrons. The molecule has 0 bridgehead atoms. The summed E-state index contributed by atoms with van der Waals surface area (Å²) in [4.78, 5) is 25.0. The maximum atomic E-state index is 12.6. The van der Waals surface area contributed by atoms with Crippen molar-refractivity contribution in [2.24, 2.45) is 0 Å². The van der Waals surface area contributed by atoms with Crippen molar-refractivity contribution in [3.05, 3.63) is 77.6 Å². The molecule has 3 aromatic rings. The van der Waals surface area contributed by atoms with Gasteiger partial charge in [0.2, 0.25) is 5.91 Å². The monoisotopic (exact) mass is 485 g/mol. The van der Waals surface area contributed by atoms with Gasteiger partial charge in [0.25, 0.3) is 5.91 Å². The lowest BCUT2D eigenvalue weighted by atomic mass is 10.2. The number of nitrogens with zero attached hydrogens (tertiary/aromatic N) is 3. The van der Waals surface area contributed by atoms with E-state index in [1.165, 1.54) is 11.8 Å². The molecule has 10 heteroatoms. The molecule has 0 saturated carbocycles. The summed E-state index contributed by atoms with van der Waals surface area (Å²) in [5, 5.41) is 15.1. The van der Waals surface area contributed by atoms with Crippen LogP contribution in [0.5, 0.6) is 5.75 Å². The van der Waals surface area contributed by atoms with Crippen molar-refractivity contribution in [1.29, 1.82) is 0 Å². The molecular weight excluding hydrogens is 462 g/mol. The lowest BCUT2D eigenvalue weighted by molar-refractivity contribution is -0.113. The molecule has 1 aromatic heterocycles. The largest absolute Gasteiger partial charge is 0.497 e. The van der Waals surface area contributed by atoms with Gasteiger partial charge in [0, 0.05) is 12.2 Å². The highest BCUT2D eigenvalue weighted by atomic mass is 35.5. The van der Waals surface area contributed by atoms with Crippen LogP contribution in [0, 0.1) is 0 Å². The van der Waals surface area contributed by atoms with Crippen LogP contribution in [0.3, 0.4) is 0 Å². The van der Waals surface area contributed by atoms with E-state index >= 15 is 0 Å². The number of rotatable bonds is 10. The van der Waals surface area contributed by atoms with Gasteiger partial charge in [0.05, 0.1) is 29.5 Å². The number of methoxy groups -OCH3 is 1. The van der Waals surface area contributed by atoms with E-state index in [4.69, 9.17) is 16.3 Å². The lowest BCUT2D eigenvalue weighted by Gasteiger charge is -2.15. The summed E-state index contributed by atoms with van der Waals surface area (Å²) in [6.07, 6.45) is 1.71. The molecule has 0 aliphatic heterocycles. The molecule has 0 aliphatic rings. The van der Waals surface area contributed by atoms with Crippen molar-refractivity contribution in [2.45, 2.75) is 24.7 Å². The van der Waals surface area contributed by atoms with Gasteiger partial charge in [-0.2, -0.15) is 0 Å². The van der Waals surface area contributed by atoms with Gasteiger partial charge in [-0.3, -0.25) is 9.59 Å². The van der Waals surface area contributed by atoms with Crippen LogP contribution < -0.4 is 15.4 Å². The van der Waals surface area contributed by atoms with Gasteiger partial charge >= 0.3 is 0 Å². The second-order valence-corrected chi connectivity index (χ2v) is 8.33. The molecule has 2 amide bonds. The summed E-state index contributed by atoms with van der Waals surface area (Å²) >= 11 is 7.37. The highest BCUT2D eigenvalue weighted by molar-refractivity contribution is 7.99. The molecule has 172 valence electrons. The average Bonchev–Trinajstić information content (AvgIpc) is 3.21. The molecular formula is C23H24ClN5O3S.